The maximum Gasteiger partial charge on any atom is 0.472 e. The molecular weight excluding hydrogens is 208 g/mol. The third-order valence-electron chi connectivity index (χ3n) is 1.96. The first-order valence-electron chi connectivity index (χ1n) is 4.16. The molecule has 80 valence electrons. The van der Waals surface area contributed by atoms with Crippen LogP contribution < -0.4 is 5.73 Å². The SMILES string of the molecule is [B][C@H]1C[C@H](OP(=O)(O)OC)[C@@H](CN)O1. The predicted octanol–water partition coefficient (Wildman–Crippen LogP) is -0.639. The van der Waals surface area contributed by atoms with Gasteiger partial charge in [-0.2, -0.15) is 0 Å². The minimum Gasteiger partial charge on any atom is -0.381 e. The number of hydrogen-bond acceptors (Lipinski definition) is 5. The molecule has 1 aliphatic heterocycles. The van der Waals surface area contributed by atoms with Crippen LogP contribution in [0, 0.1) is 0 Å². The first-order chi connectivity index (χ1) is 6.48. The van der Waals surface area contributed by atoms with E-state index in [2.05, 4.69) is 4.52 Å². The van der Waals surface area contributed by atoms with Gasteiger partial charge in [0.25, 0.3) is 0 Å². The maximum absolute atomic E-state index is 11.1. The first kappa shape index (κ1) is 12.2. The van der Waals surface area contributed by atoms with Crippen molar-refractivity contribution in [3.05, 3.63) is 0 Å². The molecule has 1 fully saturated rings. The third kappa shape index (κ3) is 3.05. The maximum atomic E-state index is 11.1. The van der Waals surface area contributed by atoms with Crippen LogP contribution in [0.1, 0.15) is 6.42 Å². The topological polar surface area (TPSA) is 91.0 Å². The van der Waals surface area contributed by atoms with Crippen LogP contribution >= 0.6 is 7.82 Å². The fourth-order valence-electron chi connectivity index (χ4n) is 1.28. The lowest BCUT2D eigenvalue weighted by atomic mass is 9.96. The second-order valence-electron chi connectivity index (χ2n) is 2.98. The van der Waals surface area contributed by atoms with Gasteiger partial charge in [-0.15, -0.1) is 0 Å². The number of phosphoric ester groups is 1. The summed E-state index contributed by atoms with van der Waals surface area (Å²) in [5.41, 5.74) is 5.37. The Morgan fingerprint density at radius 1 is 1.79 bits per heavy atom. The zero-order valence-corrected chi connectivity index (χ0v) is 8.72. The smallest absolute Gasteiger partial charge is 0.381 e. The van der Waals surface area contributed by atoms with Gasteiger partial charge in [0.2, 0.25) is 0 Å². The predicted molar refractivity (Wildman–Crippen MR) is 49.8 cm³/mol. The molecule has 1 saturated heterocycles. The molecule has 6 nitrogen and oxygen atoms in total. The van der Waals surface area contributed by atoms with E-state index >= 15 is 0 Å². The Morgan fingerprint density at radius 3 is 2.93 bits per heavy atom. The summed E-state index contributed by atoms with van der Waals surface area (Å²) in [4.78, 5) is 9.06. The van der Waals surface area contributed by atoms with Crippen LogP contribution in [-0.2, 0) is 18.3 Å². The Morgan fingerprint density at radius 2 is 2.43 bits per heavy atom. The lowest BCUT2D eigenvalue weighted by molar-refractivity contribution is 0.0328. The first-order valence-corrected chi connectivity index (χ1v) is 5.66. The Hall–Kier alpha value is 0.0949. The molecule has 0 aromatic heterocycles. The molecule has 1 aliphatic rings. The Kier molecular flexibility index (Phi) is 4.12. The van der Waals surface area contributed by atoms with Crippen molar-refractivity contribution < 1.29 is 23.2 Å². The quantitative estimate of drug-likeness (QED) is 0.484. The molecule has 8 heteroatoms. The Balaban J connectivity index is 2.55. The molecule has 0 aromatic rings. The Labute approximate surface area is 83.7 Å². The van der Waals surface area contributed by atoms with E-state index in [9.17, 15) is 4.57 Å². The monoisotopic (exact) mass is 221 g/mol. The van der Waals surface area contributed by atoms with Gasteiger partial charge in [-0.05, 0) is 6.42 Å². The van der Waals surface area contributed by atoms with Gasteiger partial charge in [-0.3, -0.25) is 9.05 Å². The minimum absolute atomic E-state index is 0.183. The van der Waals surface area contributed by atoms with Crippen LogP contribution in [-0.4, -0.2) is 44.6 Å². The molecule has 3 N–H and O–H groups in total. The van der Waals surface area contributed by atoms with Crippen LogP contribution in [0.5, 0.6) is 0 Å². The normalized spacial score (nSPS) is 36.9. The van der Waals surface area contributed by atoms with E-state index in [1.165, 1.54) is 0 Å². The van der Waals surface area contributed by atoms with Crippen molar-refractivity contribution in [2.75, 3.05) is 13.7 Å². The van der Waals surface area contributed by atoms with Crippen molar-refractivity contribution >= 4 is 15.7 Å². The summed E-state index contributed by atoms with van der Waals surface area (Å²) in [5, 5.41) is 0. The highest BCUT2D eigenvalue weighted by atomic mass is 31.2. The van der Waals surface area contributed by atoms with Gasteiger partial charge in [0.05, 0.1) is 12.2 Å². The summed E-state index contributed by atoms with van der Waals surface area (Å²) in [6.45, 7) is 0.183. The molecule has 0 aromatic carbocycles. The van der Waals surface area contributed by atoms with Gasteiger partial charge < -0.3 is 15.4 Å². The second-order valence-corrected chi connectivity index (χ2v) is 4.49. The molecule has 1 unspecified atom stereocenters. The van der Waals surface area contributed by atoms with Crippen LogP contribution in [0.25, 0.3) is 0 Å². The average molecular weight is 221 g/mol. The van der Waals surface area contributed by atoms with Crippen LogP contribution in [0.4, 0.5) is 0 Å². The van der Waals surface area contributed by atoms with E-state index in [4.69, 9.17) is 27.7 Å². The molecule has 14 heavy (non-hydrogen) atoms. The molecule has 0 amide bonds. The van der Waals surface area contributed by atoms with Gasteiger partial charge in [0.1, 0.15) is 7.85 Å². The standard InChI is InChI=1S/C6H13BNO5P/c1-11-14(9,10)13-4-2-6(7)12-5(4)3-8/h4-6H,2-3,8H2,1H3,(H,9,10)/t4-,5+,6+/m0/s1. The number of phosphoric acid groups is 1. The van der Waals surface area contributed by atoms with Crippen molar-refractivity contribution in [1.82, 2.24) is 0 Å². The van der Waals surface area contributed by atoms with Crippen molar-refractivity contribution in [2.24, 2.45) is 5.73 Å². The molecule has 4 atom stereocenters. The molecule has 0 aliphatic carbocycles. The molecular formula is C6H13BNO5P. The van der Waals surface area contributed by atoms with E-state index in [0.717, 1.165) is 7.11 Å². The van der Waals surface area contributed by atoms with Gasteiger partial charge in [0.15, 0.2) is 0 Å². The molecule has 0 saturated carbocycles. The molecule has 1 heterocycles. The van der Waals surface area contributed by atoms with Gasteiger partial charge >= 0.3 is 7.82 Å². The molecule has 0 bridgehead atoms. The summed E-state index contributed by atoms with van der Waals surface area (Å²) >= 11 is 0. The van der Waals surface area contributed by atoms with Crippen LogP contribution in [0.15, 0.2) is 0 Å². The minimum atomic E-state index is -3.99. The summed E-state index contributed by atoms with van der Waals surface area (Å²) < 4.78 is 25.3. The van der Waals surface area contributed by atoms with Crippen molar-refractivity contribution in [3.63, 3.8) is 0 Å². The van der Waals surface area contributed by atoms with Gasteiger partial charge in [0, 0.05) is 19.7 Å². The van der Waals surface area contributed by atoms with Gasteiger partial charge in [-0.1, -0.05) is 0 Å². The molecule has 2 radical (unpaired) electrons. The number of rotatable bonds is 4. The summed E-state index contributed by atoms with van der Waals surface area (Å²) in [6.07, 6.45) is -0.720. The largest absolute Gasteiger partial charge is 0.472 e. The zero-order chi connectivity index (χ0) is 10.8. The van der Waals surface area contributed by atoms with E-state index in [0.29, 0.717) is 6.42 Å². The highest BCUT2D eigenvalue weighted by Crippen LogP contribution is 2.45. The summed E-state index contributed by atoms with van der Waals surface area (Å²) in [6, 6.07) is -0.509. The lowest BCUT2D eigenvalue weighted by Crippen LogP contribution is -2.31. The fourth-order valence-corrected chi connectivity index (χ4v) is 1.93. The van der Waals surface area contributed by atoms with Gasteiger partial charge in [-0.25, -0.2) is 4.57 Å². The highest BCUT2D eigenvalue weighted by molar-refractivity contribution is 7.47. The van der Waals surface area contributed by atoms with Crippen molar-refractivity contribution in [2.45, 2.75) is 24.6 Å². The van der Waals surface area contributed by atoms with Crippen molar-refractivity contribution in [1.29, 1.82) is 0 Å². The molecule has 1 rings (SSSR count). The molecule has 0 spiro atoms. The second kappa shape index (κ2) is 4.74. The van der Waals surface area contributed by atoms with Crippen molar-refractivity contribution in [3.8, 4) is 0 Å². The number of ether oxygens (including phenoxy) is 1. The van der Waals surface area contributed by atoms with Crippen LogP contribution in [0.2, 0.25) is 0 Å². The summed E-state index contributed by atoms with van der Waals surface area (Å²) in [5.74, 6) is 0. The Bertz CT molecular complexity index is 240. The lowest BCUT2D eigenvalue weighted by Gasteiger charge is -2.19. The number of hydrogen-bond donors (Lipinski definition) is 2. The number of nitrogens with two attached hydrogens (primary N) is 1. The third-order valence-corrected chi connectivity index (χ3v) is 2.96. The van der Waals surface area contributed by atoms with E-state index in [1.54, 1.807) is 0 Å². The van der Waals surface area contributed by atoms with E-state index in [-0.39, 0.29) is 6.54 Å². The summed E-state index contributed by atoms with van der Waals surface area (Å²) in [7, 11) is 2.58. The fraction of sp³-hybridized carbons (Fsp3) is 1.00. The van der Waals surface area contributed by atoms with E-state index in [1.807, 2.05) is 0 Å². The van der Waals surface area contributed by atoms with E-state index < -0.39 is 26.0 Å². The zero-order valence-electron chi connectivity index (χ0n) is 7.83. The van der Waals surface area contributed by atoms with Crippen LogP contribution in [0.3, 0.4) is 0 Å². The average Bonchev–Trinajstić information content (AvgIpc) is 2.45. The highest BCUT2D eigenvalue weighted by Gasteiger charge is 2.37.